The van der Waals surface area contributed by atoms with E-state index < -0.39 is 18.8 Å². The van der Waals surface area contributed by atoms with Crippen LogP contribution >= 0.6 is 11.8 Å². The third kappa shape index (κ3) is 4.45. The van der Waals surface area contributed by atoms with Gasteiger partial charge in [0.15, 0.2) is 0 Å². The zero-order chi connectivity index (χ0) is 14.1. The number of methoxy groups -OCH3 is 1. The molecule has 0 spiro atoms. The van der Waals surface area contributed by atoms with Crippen molar-refractivity contribution in [2.75, 3.05) is 19.5 Å². The predicted octanol–water partition coefficient (Wildman–Crippen LogP) is 3.64. The quantitative estimate of drug-likeness (QED) is 0.331. The fourth-order valence-corrected chi connectivity index (χ4v) is 2.18. The Hall–Kier alpha value is -1.74. The maximum Gasteiger partial charge on any atom is 0.101 e. The Morgan fingerprint density at radius 3 is 2.68 bits per heavy atom. The molecule has 0 heterocycles. The number of nitriles is 1. The minimum atomic E-state index is -0.882. The second-order valence-corrected chi connectivity index (χ2v) is 4.65. The van der Waals surface area contributed by atoms with Gasteiger partial charge in [-0.05, 0) is 23.2 Å². The molecule has 0 aliphatic heterocycles. The van der Waals surface area contributed by atoms with Crippen molar-refractivity contribution in [2.24, 2.45) is 5.11 Å². The van der Waals surface area contributed by atoms with Crippen molar-refractivity contribution in [3.05, 3.63) is 40.3 Å². The van der Waals surface area contributed by atoms with Crippen LogP contribution < -0.4 is 0 Å². The van der Waals surface area contributed by atoms with E-state index in [1.165, 1.54) is 18.9 Å². The van der Waals surface area contributed by atoms with Crippen molar-refractivity contribution in [3.8, 4) is 6.07 Å². The molecule has 0 amide bonds. The molecule has 0 N–H and O–H groups in total. The molecule has 2 atom stereocenters. The van der Waals surface area contributed by atoms with Crippen LogP contribution in [0.1, 0.15) is 11.7 Å². The molecule has 19 heavy (non-hydrogen) atoms. The molecule has 0 bridgehead atoms. The van der Waals surface area contributed by atoms with Gasteiger partial charge in [0, 0.05) is 16.9 Å². The molecule has 1 unspecified atom stereocenters. The largest absolute Gasteiger partial charge is 0.376 e. The summed E-state index contributed by atoms with van der Waals surface area (Å²) in [6.45, 7) is -0.784. The highest BCUT2D eigenvalue weighted by molar-refractivity contribution is 7.99. The molecule has 0 fully saturated rings. The monoisotopic (exact) mass is 280 g/mol. The third-order valence-corrected chi connectivity index (χ3v) is 3.35. The normalized spacial score (nSPS) is 13.1. The number of azide groups is 1. The van der Waals surface area contributed by atoms with Gasteiger partial charge >= 0.3 is 0 Å². The fraction of sp³-hybridized carbons (Fsp3) is 0.417. The summed E-state index contributed by atoms with van der Waals surface area (Å²) in [5.41, 5.74) is 9.14. The van der Waals surface area contributed by atoms with Crippen LogP contribution in [0.25, 0.3) is 10.4 Å². The lowest BCUT2D eigenvalue weighted by molar-refractivity contribution is 0.0721. The fourth-order valence-electron chi connectivity index (χ4n) is 1.62. The van der Waals surface area contributed by atoms with Crippen molar-refractivity contribution in [3.63, 3.8) is 0 Å². The van der Waals surface area contributed by atoms with Crippen LogP contribution in [0.5, 0.6) is 0 Å². The predicted molar refractivity (Wildman–Crippen MR) is 71.4 cm³/mol. The van der Waals surface area contributed by atoms with Gasteiger partial charge in [-0.1, -0.05) is 17.2 Å². The number of nitrogens with zero attached hydrogens (tertiary/aromatic N) is 4. The molecule has 5 nitrogen and oxygen atoms in total. The van der Waals surface area contributed by atoms with Crippen molar-refractivity contribution in [1.82, 2.24) is 0 Å². The number of hydrogen-bond acceptors (Lipinski definition) is 4. The van der Waals surface area contributed by atoms with Crippen LogP contribution in [0.4, 0.5) is 4.39 Å². The maximum absolute atomic E-state index is 12.8. The first-order valence-electron chi connectivity index (χ1n) is 5.49. The SMILES string of the molecule is CO[C@H](c1ccc(SCC#N)cc1)C(CF)N=[N+]=[N-]. The van der Waals surface area contributed by atoms with Crippen molar-refractivity contribution < 1.29 is 9.13 Å². The number of benzene rings is 1. The maximum atomic E-state index is 12.8. The van der Waals surface area contributed by atoms with E-state index in [0.29, 0.717) is 5.75 Å². The van der Waals surface area contributed by atoms with E-state index >= 15 is 0 Å². The van der Waals surface area contributed by atoms with Gasteiger partial charge in [0.1, 0.15) is 6.67 Å². The zero-order valence-electron chi connectivity index (χ0n) is 10.4. The van der Waals surface area contributed by atoms with E-state index in [9.17, 15) is 4.39 Å². The lowest BCUT2D eigenvalue weighted by Crippen LogP contribution is -2.20. The summed E-state index contributed by atoms with van der Waals surface area (Å²) in [6.07, 6.45) is -0.615. The number of halogens is 1. The highest BCUT2D eigenvalue weighted by atomic mass is 32.2. The first-order valence-corrected chi connectivity index (χ1v) is 6.48. The first kappa shape index (κ1) is 15.3. The van der Waals surface area contributed by atoms with Crippen LogP contribution in [-0.4, -0.2) is 25.6 Å². The van der Waals surface area contributed by atoms with Crippen LogP contribution in [0.3, 0.4) is 0 Å². The molecule has 1 rings (SSSR count). The van der Waals surface area contributed by atoms with E-state index in [4.69, 9.17) is 15.5 Å². The Labute approximate surface area is 115 Å². The molecular formula is C12H13FN4OS. The molecule has 0 saturated heterocycles. The minimum absolute atomic E-state index is 0.374. The Balaban J connectivity index is 2.87. The van der Waals surface area contributed by atoms with Gasteiger partial charge in [-0.15, -0.1) is 11.8 Å². The molecule has 7 heteroatoms. The molecule has 1 aromatic rings. The van der Waals surface area contributed by atoms with Gasteiger partial charge in [0.05, 0.1) is 24.0 Å². The Morgan fingerprint density at radius 2 is 2.21 bits per heavy atom. The highest BCUT2D eigenvalue weighted by Crippen LogP contribution is 2.26. The average molecular weight is 280 g/mol. The van der Waals surface area contributed by atoms with Crippen molar-refractivity contribution >= 4 is 11.8 Å². The summed E-state index contributed by atoms with van der Waals surface area (Å²) in [7, 11) is 1.44. The van der Waals surface area contributed by atoms with E-state index in [0.717, 1.165) is 10.5 Å². The second kappa shape index (κ2) is 8.38. The van der Waals surface area contributed by atoms with E-state index in [-0.39, 0.29) is 0 Å². The van der Waals surface area contributed by atoms with E-state index in [2.05, 4.69) is 10.0 Å². The molecular weight excluding hydrogens is 267 g/mol. The van der Waals surface area contributed by atoms with Crippen LogP contribution in [-0.2, 0) is 4.74 Å². The number of ether oxygens (including phenoxy) is 1. The van der Waals surface area contributed by atoms with E-state index in [1.54, 1.807) is 12.1 Å². The molecule has 0 aliphatic carbocycles. The van der Waals surface area contributed by atoms with Gasteiger partial charge in [-0.25, -0.2) is 0 Å². The smallest absolute Gasteiger partial charge is 0.101 e. The van der Waals surface area contributed by atoms with Gasteiger partial charge in [-0.2, -0.15) is 5.26 Å². The molecule has 0 radical (unpaired) electrons. The summed E-state index contributed by atoms with van der Waals surface area (Å²) in [5.74, 6) is 0.374. The van der Waals surface area contributed by atoms with Crippen LogP contribution in [0.15, 0.2) is 34.3 Å². The number of rotatable bonds is 7. The molecule has 0 saturated carbocycles. The van der Waals surface area contributed by atoms with Gasteiger partial charge in [0.2, 0.25) is 0 Å². The zero-order valence-corrected chi connectivity index (χ0v) is 11.2. The number of hydrogen-bond donors (Lipinski definition) is 0. The van der Waals surface area contributed by atoms with Crippen LogP contribution in [0, 0.1) is 11.3 Å². The first-order chi connectivity index (χ1) is 9.26. The highest BCUT2D eigenvalue weighted by Gasteiger charge is 2.21. The minimum Gasteiger partial charge on any atom is -0.376 e. The van der Waals surface area contributed by atoms with Crippen LogP contribution in [0.2, 0.25) is 0 Å². The lowest BCUT2D eigenvalue weighted by Gasteiger charge is -2.20. The number of thioether (sulfide) groups is 1. The molecule has 0 aliphatic rings. The van der Waals surface area contributed by atoms with E-state index in [1.807, 2.05) is 18.2 Å². The Morgan fingerprint density at radius 1 is 1.53 bits per heavy atom. The van der Waals surface area contributed by atoms with Crippen molar-refractivity contribution in [1.29, 1.82) is 5.26 Å². The topological polar surface area (TPSA) is 81.8 Å². The molecule has 100 valence electrons. The van der Waals surface area contributed by atoms with Gasteiger partial charge < -0.3 is 4.74 Å². The summed E-state index contributed by atoms with van der Waals surface area (Å²) in [5, 5.41) is 11.9. The molecule has 0 aromatic heterocycles. The summed E-state index contributed by atoms with van der Waals surface area (Å²) >= 11 is 1.41. The van der Waals surface area contributed by atoms with Crippen molar-refractivity contribution in [2.45, 2.75) is 17.0 Å². The third-order valence-electron chi connectivity index (χ3n) is 2.47. The summed E-state index contributed by atoms with van der Waals surface area (Å²) < 4.78 is 18.0. The van der Waals surface area contributed by atoms with Gasteiger partial charge in [-0.3, -0.25) is 4.39 Å². The Kier molecular flexibility index (Phi) is 6.75. The standard InChI is InChI=1S/C12H13FN4OS/c1-18-12(11(8-13)16-17-15)9-2-4-10(5-3-9)19-7-6-14/h2-5,11-12H,7-8H2,1H3/t11?,12-/m1/s1. The summed E-state index contributed by atoms with van der Waals surface area (Å²) in [4.78, 5) is 3.57. The molecule has 1 aromatic carbocycles. The lowest BCUT2D eigenvalue weighted by atomic mass is 10.0. The summed E-state index contributed by atoms with van der Waals surface area (Å²) in [6, 6.07) is 8.38. The number of alkyl halides is 1. The Bertz CT molecular complexity index is 481. The van der Waals surface area contributed by atoms with Gasteiger partial charge in [0.25, 0.3) is 0 Å². The average Bonchev–Trinajstić information content (AvgIpc) is 2.46. The second-order valence-electron chi connectivity index (χ2n) is 3.60.